The van der Waals surface area contributed by atoms with Crippen LogP contribution in [-0.4, -0.2) is 58.7 Å². The summed E-state index contributed by atoms with van der Waals surface area (Å²) in [5, 5.41) is 1.84. The van der Waals surface area contributed by atoms with E-state index in [0.717, 1.165) is 61.0 Å². The summed E-state index contributed by atoms with van der Waals surface area (Å²) in [5.41, 5.74) is 3.57. The van der Waals surface area contributed by atoms with Crippen LogP contribution in [0.25, 0.3) is 10.9 Å². The van der Waals surface area contributed by atoms with E-state index in [4.69, 9.17) is 16.6 Å². The molecule has 1 aromatic carbocycles. The molecule has 0 atom stereocenters. The van der Waals surface area contributed by atoms with Crippen molar-refractivity contribution in [2.24, 2.45) is 0 Å². The van der Waals surface area contributed by atoms with Crippen LogP contribution in [-0.2, 0) is 17.6 Å². The molecule has 1 aliphatic heterocycles. The highest BCUT2D eigenvalue weighted by Gasteiger charge is 2.27. The van der Waals surface area contributed by atoms with E-state index < -0.39 is 0 Å². The Kier molecular flexibility index (Phi) is 6.73. The Bertz CT molecular complexity index is 951. The second kappa shape index (κ2) is 9.68. The largest absolute Gasteiger partial charge is 0.339 e. The van der Waals surface area contributed by atoms with Crippen LogP contribution in [0.5, 0.6) is 0 Å². The van der Waals surface area contributed by atoms with Gasteiger partial charge in [0.2, 0.25) is 5.91 Å². The highest BCUT2D eigenvalue weighted by molar-refractivity contribution is 8.00. The fraction of sp³-hybridized carbons (Fsp3) is 0.600. The van der Waals surface area contributed by atoms with E-state index in [1.54, 1.807) is 11.8 Å². The number of aryl methyl sites for hydroxylation is 1. The number of fused-ring (bicyclic) bond motifs is 2. The van der Waals surface area contributed by atoms with Crippen LogP contribution in [0.2, 0.25) is 5.02 Å². The molecule has 31 heavy (non-hydrogen) atoms. The molecule has 0 radical (unpaired) electrons. The third kappa shape index (κ3) is 4.74. The number of thioether (sulfide) groups is 1. The van der Waals surface area contributed by atoms with Crippen molar-refractivity contribution in [2.75, 3.05) is 31.9 Å². The predicted molar refractivity (Wildman–Crippen MR) is 129 cm³/mol. The second-order valence-electron chi connectivity index (χ2n) is 9.23. The minimum atomic E-state index is 0.268. The molecule has 3 aliphatic rings. The van der Waals surface area contributed by atoms with E-state index >= 15 is 0 Å². The Morgan fingerprint density at radius 1 is 1.03 bits per heavy atom. The predicted octanol–water partition coefficient (Wildman–Crippen LogP) is 5.34. The van der Waals surface area contributed by atoms with Crippen LogP contribution in [0.1, 0.15) is 56.2 Å². The zero-order valence-electron chi connectivity index (χ0n) is 18.2. The first-order chi connectivity index (χ1) is 15.2. The topological polar surface area (TPSA) is 36.4 Å². The van der Waals surface area contributed by atoms with Gasteiger partial charge in [-0.15, -0.1) is 11.8 Å². The van der Waals surface area contributed by atoms with Gasteiger partial charge >= 0.3 is 0 Å². The summed E-state index contributed by atoms with van der Waals surface area (Å²) in [4.78, 5) is 23.9. The second-order valence-corrected chi connectivity index (χ2v) is 10.7. The number of nitrogens with zero attached hydrogens (tertiary/aromatic N) is 3. The highest BCUT2D eigenvalue weighted by Crippen LogP contribution is 2.37. The Morgan fingerprint density at radius 3 is 2.61 bits per heavy atom. The van der Waals surface area contributed by atoms with Gasteiger partial charge in [0.1, 0.15) is 0 Å². The van der Waals surface area contributed by atoms with Crippen LogP contribution >= 0.6 is 23.4 Å². The average molecular weight is 458 g/mol. The van der Waals surface area contributed by atoms with Gasteiger partial charge in [-0.3, -0.25) is 14.7 Å². The summed E-state index contributed by atoms with van der Waals surface area (Å²) < 4.78 is 0. The molecule has 1 saturated heterocycles. The SMILES string of the molecule is O=C(CSc1c2c(nc3ccc(Cl)cc13)CCCC2)N1CCN(C2CCCCC2)CC1. The van der Waals surface area contributed by atoms with Crippen molar-refractivity contribution in [3.8, 4) is 0 Å². The van der Waals surface area contributed by atoms with Crippen LogP contribution in [0.4, 0.5) is 0 Å². The first-order valence-electron chi connectivity index (χ1n) is 11.9. The monoisotopic (exact) mass is 457 g/mol. The lowest BCUT2D eigenvalue weighted by Crippen LogP contribution is -2.52. The van der Waals surface area contributed by atoms with Crippen LogP contribution in [0.15, 0.2) is 23.1 Å². The number of pyridine rings is 1. The molecule has 0 N–H and O–H groups in total. The minimum absolute atomic E-state index is 0.268. The number of halogens is 1. The van der Waals surface area contributed by atoms with Crippen molar-refractivity contribution in [1.29, 1.82) is 0 Å². The maximum Gasteiger partial charge on any atom is 0.233 e. The van der Waals surface area contributed by atoms with Crippen molar-refractivity contribution in [1.82, 2.24) is 14.8 Å². The van der Waals surface area contributed by atoms with Crippen LogP contribution in [0.3, 0.4) is 0 Å². The quantitative estimate of drug-likeness (QED) is 0.581. The van der Waals surface area contributed by atoms with Crippen molar-refractivity contribution < 1.29 is 4.79 Å². The van der Waals surface area contributed by atoms with Crippen molar-refractivity contribution >= 4 is 40.2 Å². The summed E-state index contributed by atoms with van der Waals surface area (Å²) in [7, 11) is 0. The highest BCUT2D eigenvalue weighted by atomic mass is 35.5. The lowest BCUT2D eigenvalue weighted by Gasteiger charge is -2.40. The Hall–Kier alpha value is -1.30. The van der Waals surface area contributed by atoms with Gasteiger partial charge in [-0.25, -0.2) is 0 Å². The third-order valence-electron chi connectivity index (χ3n) is 7.27. The lowest BCUT2D eigenvalue weighted by molar-refractivity contribution is -0.130. The number of aromatic nitrogens is 1. The number of hydrogen-bond acceptors (Lipinski definition) is 4. The summed E-state index contributed by atoms with van der Waals surface area (Å²) in [5.74, 6) is 0.770. The van der Waals surface area contributed by atoms with Gasteiger partial charge in [-0.05, 0) is 62.3 Å². The average Bonchev–Trinajstić information content (AvgIpc) is 2.82. The van der Waals surface area contributed by atoms with Crippen molar-refractivity contribution in [2.45, 2.75) is 68.7 Å². The number of piperazine rings is 1. The van der Waals surface area contributed by atoms with Gasteiger partial charge in [0.05, 0.1) is 11.3 Å². The summed E-state index contributed by atoms with van der Waals surface area (Å²) in [6.45, 7) is 3.81. The number of carbonyl (C=O) groups excluding carboxylic acids is 1. The normalized spacial score (nSPS) is 20.7. The number of amides is 1. The molecule has 1 aromatic heterocycles. The Balaban J connectivity index is 1.26. The van der Waals surface area contributed by atoms with Gasteiger partial charge in [-0.2, -0.15) is 0 Å². The molecule has 0 bridgehead atoms. The van der Waals surface area contributed by atoms with E-state index in [2.05, 4.69) is 9.80 Å². The third-order valence-corrected chi connectivity index (χ3v) is 8.65. The number of hydrogen-bond donors (Lipinski definition) is 0. The van der Waals surface area contributed by atoms with E-state index in [0.29, 0.717) is 5.75 Å². The van der Waals surface area contributed by atoms with E-state index in [-0.39, 0.29) is 5.91 Å². The smallest absolute Gasteiger partial charge is 0.233 e. The summed E-state index contributed by atoms with van der Waals surface area (Å²) in [6, 6.07) is 6.70. The summed E-state index contributed by atoms with van der Waals surface area (Å²) in [6.07, 6.45) is 11.3. The van der Waals surface area contributed by atoms with Crippen LogP contribution in [0, 0.1) is 0 Å². The Morgan fingerprint density at radius 2 is 1.81 bits per heavy atom. The number of benzene rings is 1. The van der Waals surface area contributed by atoms with E-state index in [1.165, 1.54) is 61.1 Å². The number of rotatable bonds is 4. The molecule has 0 spiro atoms. The van der Waals surface area contributed by atoms with E-state index in [9.17, 15) is 4.79 Å². The van der Waals surface area contributed by atoms with Crippen molar-refractivity contribution in [3.05, 3.63) is 34.5 Å². The first-order valence-corrected chi connectivity index (χ1v) is 13.3. The maximum atomic E-state index is 13.1. The van der Waals surface area contributed by atoms with Gasteiger partial charge in [-0.1, -0.05) is 30.9 Å². The molecule has 0 unspecified atom stereocenters. The summed E-state index contributed by atoms with van der Waals surface area (Å²) >= 11 is 8.02. The molecule has 166 valence electrons. The molecule has 2 heterocycles. The van der Waals surface area contributed by atoms with Crippen molar-refractivity contribution in [3.63, 3.8) is 0 Å². The van der Waals surface area contributed by atoms with Gasteiger partial charge < -0.3 is 4.90 Å². The molecular formula is C25H32ClN3OS. The minimum Gasteiger partial charge on any atom is -0.339 e. The molecule has 5 rings (SSSR count). The molecule has 6 heteroatoms. The fourth-order valence-electron chi connectivity index (χ4n) is 5.53. The fourth-order valence-corrected chi connectivity index (χ4v) is 6.86. The van der Waals surface area contributed by atoms with Gasteiger partial charge in [0.15, 0.2) is 0 Å². The lowest BCUT2D eigenvalue weighted by atomic mass is 9.94. The maximum absolute atomic E-state index is 13.1. The molecule has 1 saturated carbocycles. The molecule has 2 fully saturated rings. The molecule has 2 aromatic rings. The van der Waals surface area contributed by atoms with Gasteiger partial charge in [0, 0.05) is 53.2 Å². The van der Waals surface area contributed by atoms with Crippen LogP contribution < -0.4 is 0 Å². The Labute approximate surface area is 194 Å². The first kappa shape index (κ1) is 21.5. The standard InChI is InChI=1S/C25H32ClN3OS/c26-18-10-11-23-21(16-18)25(20-8-4-5-9-22(20)27-23)31-17-24(30)29-14-12-28(13-15-29)19-6-2-1-3-7-19/h10-11,16,19H,1-9,12-15,17H2. The molecule has 1 amide bonds. The zero-order chi connectivity index (χ0) is 21.2. The van der Waals surface area contributed by atoms with E-state index in [1.807, 2.05) is 18.2 Å². The molecule has 2 aliphatic carbocycles. The molecule has 4 nitrogen and oxygen atoms in total. The van der Waals surface area contributed by atoms with Gasteiger partial charge in [0.25, 0.3) is 0 Å². The molecular weight excluding hydrogens is 426 g/mol. The zero-order valence-corrected chi connectivity index (χ0v) is 19.8. The number of carbonyl (C=O) groups is 1.